The van der Waals surface area contributed by atoms with Crippen LogP contribution in [0.1, 0.15) is 30.2 Å². The second kappa shape index (κ2) is 9.40. The summed E-state index contributed by atoms with van der Waals surface area (Å²) in [4.78, 5) is 23.2. The van der Waals surface area contributed by atoms with E-state index in [-0.39, 0.29) is 29.5 Å². The van der Waals surface area contributed by atoms with Gasteiger partial charge in [0.05, 0.1) is 17.6 Å². The van der Waals surface area contributed by atoms with Gasteiger partial charge in [0.2, 0.25) is 5.91 Å². The highest BCUT2D eigenvalue weighted by Crippen LogP contribution is 2.47. The molecule has 1 aromatic heterocycles. The highest BCUT2D eigenvalue weighted by molar-refractivity contribution is 7.10. The lowest BCUT2D eigenvalue weighted by atomic mass is 9.70. The van der Waals surface area contributed by atoms with Crippen LogP contribution in [0.15, 0.2) is 65.0 Å². The predicted molar refractivity (Wildman–Crippen MR) is 141 cm³/mol. The Hall–Kier alpha value is -3.70. The Balaban J connectivity index is 1.45. The Morgan fingerprint density at radius 1 is 1.14 bits per heavy atom. The van der Waals surface area contributed by atoms with Gasteiger partial charge in [-0.1, -0.05) is 18.2 Å². The van der Waals surface area contributed by atoms with Crippen molar-refractivity contribution >= 4 is 28.9 Å². The maximum Gasteiger partial charge on any atom is 0.235 e. The van der Waals surface area contributed by atoms with Gasteiger partial charge in [0, 0.05) is 30.7 Å². The maximum absolute atomic E-state index is 13.8. The predicted octanol–water partition coefficient (Wildman–Crippen LogP) is 4.96. The molecule has 8 heteroatoms. The minimum atomic E-state index is -0.797. The Kier molecular flexibility index (Phi) is 6.27. The number of carbonyl (C=O) groups excluding carboxylic acids is 1. The smallest absolute Gasteiger partial charge is 0.235 e. The van der Waals surface area contributed by atoms with Crippen LogP contribution in [0.3, 0.4) is 0 Å². The SMILES string of the molecule is CN1C(=O)[C@@H](C2CCN(c3cccc(F)c3)CC2)C(C)(c2cc(-c3cccc(C#N)c3)cs2)N=C1N. The number of nitrogens with two attached hydrogens (primary N) is 1. The third kappa shape index (κ3) is 4.24. The minimum Gasteiger partial charge on any atom is -0.371 e. The summed E-state index contributed by atoms with van der Waals surface area (Å²) in [5.41, 5.74) is 8.84. The number of guanidine groups is 1. The molecule has 0 aliphatic carbocycles. The minimum absolute atomic E-state index is 0.0179. The molecular weight excluding hydrogens is 473 g/mol. The number of carbonyl (C=O) groups is 1. The van der Waals surface area contributed by atoms with Crippen LogP contribution in [0.25, 0.3) is 11.1 Å². The lowest BCUT2D eigenvalue weighted by Gasteiger charge is -2.46. The summed E-state index contributed by atoms with van der Waals surface area (Å²) in [5, 5.41) is 11.3. The summed E-state index contributed by atoms with van der Waals surface area (Å²) in [5.74, 6) is -0.293. The van der Waals surface area contributed by atoms with Crippen molar-refractivity contribution in [3.8, 4) is 17.2 Å². The van der Waals surface area contributed by atoms with Crippen molar-refractivity contribution in [1.82, 2.24) is 4.90 Å². The lowest BCUT2D eigenvalue weighted by molar-refractivity contribution is -0.136. The first-order chi connectivity index (χ1) is 17.3. The normalized spacial score (nSPS) is 22.9. The van der Waals surface area contributed by atoms with Crippen molar-refractivity contribution in [2.45, 2.75) is 25.3 Å². The molecular formula is C28H28FN5OS. The summed E-state index contributed by atoms with van der Waals surface area (Å²) in [6.45, 7) is 3.50. The summed E-state index contributed by atoms with van der Waals surface area (Å²) in [6, 6.07) is 18.4. The first-order valence-corrected chi connectivity index (χ1v) is 12.9. The number of hydrogen-bond donors (Lipinski definition) is 1. The molecule has 1 unspecified atom stereocenters. The molecule has 1 saturated heterocycles. The van der Waals surface area contributed by atoms with E-state index >= 15 is 0 Å². The molecule has 0 bridgehead atoms. The number of rotatable bonds is 4. The van der Waals surface area contributed by atoms with Crippen molar-refractivity contribution in [2.75, 3.05) is 25.0 Å². The number of benzene rings is 2. The fourth-order valence-electron chi connectivity index (χ4n) is 5.50. The highest BCUT2D eigenvalue weighted by atomic mass is 32.1. The van der Waals surface area contributed by atoms with Crippen molar-refractivity contribution in [3.63, 3.8) is 0 Å². The van der Waals surface area contributed by atoms with Gasteiger partial charge in [-0.15, -0.1) is 11.3 Å². The molecule has 184 valence electrons. The monoisotopic (exact) mass is 501 g/mol. The zero-order chi connectivity index (χ0) is 25.4. The molecule has 2 N–H and O–H groups in total. The molecule has 1 fully saturated rings. The number of amides is 1. The van der Waals surface area contributed by atoms with Gasteiger partial charge in [-0.25, -0.2) is 9.38 Å². The van der Waals surface area contributed by atoms with Gasteiger partial charge in [0.1, 0.15) is 11.4 Å². The van der Waals surface area contributed by atoms with Gasteiger partial charge in [0.25, 0.3) is 0 Å². The number of hydrogen-bond acceptors (Lipinski definition) is 6. The standard InChI is InChI=1S/C28H28FN5OS/c1-28(24-14-21(17-36-24)20-6-3-5-18(13-20)16-30)25(26(35)33(2)27(31)32-28)19-9-11-34(12-10-19)23-8-4-7-22(29)15-23/h3-8,13-15,17,19,25H,9-12H2,1-2H3,(H2,31,32)/t25-,28?/m1/s1. The molecule has 2 aromatic carbocycles. The maximum atomic E-state index is 13.8. The summed E-state index contributed by atoms with van der Waals surface area (Å²) < 4.78 is 13.8. The van der Waals surface area contributed by atoms with Gasteiger partial charge in [-0.05, 0) is 78.6 Å². The largest absolute Gasteiger partial charge is 0.371 e. The Labute approximate surface area is 214 Å². The first kappa shape index (κ1) is 24.0. The average Bonchev–Trinajstić information content (AvgIpc) is 3.39. The first-order valence-electron chi connectivity index (χ1n) is 12.0. The van der Waals surface area contributed by atoms with E-state index in [2.05, 4.69) is 22.4 Å². The molecule has 2 aliphatic heterocycles. The van der Waals surface area contributed by atoms with Gasteiger partial charge in [-0.2, -0.15) is 5.26 Å². The third-order valence-electron chi connectivity index (χ3n) is 7.50. The van der Waals surface area contributed by atoms with Crippen molar-refractivity contribution in [2.24, 2.45) is 22.6 Å². The quantitative estimate of drug-likeness (QED) is 0.548. The van der Waals surface area contributed by atoms with Gasteiger partial charge in [-0.3, -0.25) is 9.69 Å². The van der Waals surface area contributed by atoms with E-state index in [0.717, 1.165) is 47.6 Å². The van der Waals surface area contributed by atoms with E-state index in [4.69, 9.17) is 10.7 Å². The number of nitrogens with zero attached hydrogens (tertiary/aromatic N) is 4. The highest BCUT2D eigenvalue weighted by Gasteiger charge is 2.51. The van der Waals surface area contributed by atoms with Gasteiger partial charge in [0.15, 0.2) is 5.96 Å². The van der Waals surface area contributed by atoms with Crippen molar-refractivity contribution < 1.29 is 9.18 Å². The Bertz CT molecular complexity index is 1370. The van der Waals surface area contributed by atoms with Gasteiger partial charge >= 0.3 is 0 Å². The van der Waals surface area contributed by atoms with E-state index in [1.54, 1.807) is 36.6 Å². The van der Waals surface area contributed by atoms with Crippen LogP contribution in [0.5, 0.6) is 0 Å². The number of thiophene rings is 1. The molecule has 3 aromatic rings. The van der Waals surface area contributed by atoms with Crippen LogP contribution in [-0.4, -0.2) is 36.9 Å². The van der Waals surface area contributed by atoms with Crippen molar-refractivity contribution in [1.29, 1.82) is 5.26 Å². The molecule has 5 rings (SSSR count). The number of halogens is 1. The van der Waals surface area contributed by atoms with Gasteiger partial charge < -0.3 is 10.6 Å². The summed E-state index contributed by atoms with van der Waals surface area (Å²) >= 11 is 1.57. The second-order valence-corrected chi connectivity index (χ2v) is 10.6. The molecule has 0 spiro atoms. The van der Waals surface area contributed by atoms with E-state index in [9.17, 15) is 14.4 Å². The van der Waals surface area contributed by atoms with E-state index in [0.29, 0.717) is 5.56 Å². The third-order valence-corrected chi connectivity index (χ3v) is 8.66. The number of piperidine rings is 1. The molecule has 3 heterocycles. The number of anilines is 1. The van der Waals surface area contributed by atoms with Crippen molar-refractivity contribution in [3.05, 3.63) is 76.2 Å². The summed E-state index contributed by atoms with van der Waals surface area (Å²) in [6.07, 6.45) is 1.60. The Morgan fingerprint density at radius 2 is 1.89 bits per heavy atom. The van der Waals surface area contributed by atoms with Crippen LogP contribution in [0.4, 0.5) is 10.1 Å². The molecule has 1 amide bonds. The second-order valence-electron chi connectivity index (χ2n) is 9.69. The Morgan fingerprint density at radius 3 is 2.61 bits per heavy atom. The topological polar surface area (TPSA) is 85.7 Å². The lowest BCUT2D eigenvalue weighted by Crippen LogP contribution is -2.56. The molecule has 36 heavy (non-hydrogen) atoms. The molecule has 0 saturated carbocycles. The fraction of sp³-hybridized carbons (Fsp3) is 0.321. The zero-order valence-electron chi connectivity index (χ0n) is 20.3. The summed E-state index contributed by atoms with van der Waals surface area (Å²) in [7, 11) is 1.68. The van der Waals surface area contributed by atoms with E-state index < -0.39 is 5.54 Å². The number of aliphatic imine (C=N–C) groups is 1. The van der Waals surface area contributed by atoms with Crippen LogP contribution < -0.4 is 10.6 Å². The zero-order valence-corrected chi connectivity index (χ0v) is 21.1. The van der Waals surface area contributed by atoms with E-state index in [1.165, 1.54) is 11.0 Å². The van der Waals surface area contributed by atoms with Crippen LogP contribution >= 0.6 is 11.3 Å². The molecule has 0 radical (unpaired) electrons. The molecule has 2 aliphatic rings. The van der Waals surface area contributed by atoms with Crippen LogP contribution in [0, 0.1) is 29.0 Å². The average molecular weight is 502 g/mol. The molecule has 2 atom stereocenters. The van der Waals surface area contributed by atoms with E-state index in [1.807, 2.05) is 31.2 Å². The molecule has 6 nitrogen and oxygen atoms in total. The number of nitriles is 1. The van der Waals surface area contributed by atoms with Crippen LogP contribution in [0.2, 0.25) is 0 Å². The fourth-order valence-corrected chi connectivity index (χ4v) is 6.56. The van der Waals surface area contributed by atoms with Crippen LogP contribution in [-0.2, 0) is 10.3 Å².